The van der Waals surface area contributed by atoms with Gasteiger partial charge in [0.1, 0.15) is 25.4 Å². The molecule has 0 bridgehead atoms. The third kappa shape index (κ3) is 19.6. The van der Waals surface area contributed by atoms with E-state index < -0.39 is 104 Å². The standard InChI is InChI=1S/C31H40O8.C30H38O9.2CO2.CH4O/c1-18-19(2)27(38-29(33)24-15-11-8-12-16-24)31(36-22(18)5)39-26-20(3)21(4)30(34-6)37-25(26)17-35-28(32)23-13-9-7-10-14-23;1-17-18(2)29(34-5)37-23(16-35-27(32)21-12-8-6-9-13-21)25(17)39-30-26(19(3)24(31)20(4)36-30)38-28(33)22-14-10-7-11-15-22;2*2-1-3;1-2/h7-16,18-22,25-27,30-31H,17H2,1-6H3;6-15,17-20,23-26,29-31H,16H2,1-5H3;;;2H,1H3/t18-,19-,20+,21?,22?,25?,26-,27?,30-,31-;17-,18?,19+,20?,23?,24+,25+,26?,29+,30+;;;/m01.../s1. The number of carbonyl (C=O) groups excluding carboxylic acids is 8. The summed E-state index contributed by atoms with van der Waals surface area (Å²) in [5, 5.41) is 17.7. The molecule has 0 aliphatic carbocycles. The fraction of sp³-hybridized carbons (Fsp3) is 0.531. The molecule has 4 aliphatic rings. The average Bonchev–Trinajstić information content (AvgIpc) is 1.59. The highest BCUT2D eigenvalue weighted by molar-refractivity contribution is 5.90. The Bertz CT molecular complexity index is 2520. The molecule has 0 amide bonds. The number of rotatable bonds is 16. The van der Waals surface area contributed by atoms with Crippen molar-refractivity contribution in [2.75, 3.05) is 34.5 Å². The Labute approximate surface area is 501 Å². The summed E-state index contributed by atoms with van der Waals surface area (Å²) in [6.07, 6.45) is -7.79. The van der Waals surface area contributed by atoms with Crippen molar-refractivity contribution >= 4 is 36.2 Å². The lowest BCUT2D eigenvalue weighted by atomic mass is 9.83. The van der Waals surface area contributed by atoms with Crippen LogP contribution in [-0.4, -0.2) is 161 Å². The van der Waals surface area contributed by atoms with E-state index in [2.05, 4.69) is 13.8 Å². The van der Waals surface area contributed by atoms with Gasteiger partial charge in [0.05, 0.1) is 52.8 Å². The van der Waals surface area contributed by atoms with Gasteiger partial charge in [0.15, 0.2) is 37.4 Å². The molecular formula is C64H82O22. The number of ether oxygens (including phenoxy) is 12. The van der Waals surface area contributed by atoms with Gasteiger partial charge in [0.2, 0.25) is 0 Å². The van der Waals surface area contributed by atoms with Crippen LogP contribution in [0.3, 0.4) is 0 Å². The number of benzene rings is 4. The highest BCUT2D eigenvalue weighted by atomic mass is 16.7. The second-order valence-corrected chi connectivity index (χ2v) is 21.2. The molecule has 470 valence electrons. The number of carbonyl (C=O) groups is 4. The van der Waals surface area contributed by atoms with Crippen molar-refractivity contribution in [2.45, 2.75) is 142 Å². The Morgan fingerprint density at radius 2 is 0.686 bits per heavy atom. The van der Waals surface area contributed by atoms with Crippen LogP contribution in [0.25, 0.3) is 0 Å². The second kappa shape index (κ2) is 36.3. The Balaban J connectivity index is 0.000000329. The van der Waals surface area contributed by atoms with Crippen LogP contribution >= 0.6 is 0 Å². The van der Waals surface area contributed by atoms with Crippen molar-refractivity contribution in [3.8, 4) is 0 Å². The number of esters is 4. The van der Waals surface area contributed by atoms with Crippen molar-refractivity contribution in [3.05, 3.63) is 144 Å². The fourth-order valence-electron chi connectivity index (χ4n) is 10.4. The van der Waals surface area contributed by atoms with Crippen molar-refractivity contribution in [2.24, 2.45) is 41.4 Å². The first-order valence-corrected chi connectivity index (χ1v) is 28.3. The van der Waals surface area contributed by atoms with Gasteiger partial charge < -0.3 is 67.1 Å². The molecule has 4 aromatic rings. The maximum absolute atomic E-state index is 13.0. The summed E-state index contributed by atoms with van der Waals surface area (Å²) in [6, 6.07) is 35.0. The van der Waals surface area contributed by atoms with Crippen molar-refractivity contribution in [1.82, 2.24) is 0 Å². The molecule has 2 N–H and O–H groups in total. The maximum atomic E-state index is 13.0. The van der Waals surface area contributed by atoms with Crippen molar-refractivity contribution < 1.29 is 105 Å². The van der Waals surface area contributed by atoms with Gasteiger partial charge in [-0.2, -0.15) is 19.2 Å². The van der Waals surface area contributed by atoms with Crippen molar-refractivity contribution in [1.29, 1.82) is 0 Å². The van der Waals surface area contributed by atoms with Gasteiger partial charge in [-0.1, -0.05) is 121 Å². The van der Waals surface area contributed by atoms with Crippen LogP contribution in [0.4, 0.5) is 0 Å². The maximum Gasteiger partial charge on any atom is 0.373 e. The number of aliphatic hydroxyl groups is 2. The molecule has 8 rings (SSSR count). The van der Waals surface area contributed by atoms with Crippen LogP contribution in [0, 0.1) is 41.4 Å². The molecule has 0 radical (unpaired) electrons. The molecule has 4 fully saturated rings. The van der Waals surface area contributed by atoms with Gasteiger partial charge in [-0.3, -0.25) is 0 Å². The van der Waals surface area contributed by atoms with Gasteiger partial charge in [0.25, 0.3) is 0 Å². The van der Waals surface area contributed by atoms with Gasteiger partial charge in [-0.05, 0) is 80.1 Å². The highest BCUT2D eigenvalue weighted by Crippen LogP contribution is 2.40. The Hall–Kier alpha value is -6.88. The molecule has 4 heterocycles. The van der Waals surface area contributed by atoms with Crippen LogP contribution in [-0.2, 0) is 76.0 Å². The minimum Gasteiger partial charge on any atom is -0.459 e. The SMILES string of the molecule is CO.CO[C@H]1OC(COC(=O)c2ccccc2)[C@@H](O[C@@H]2OC(C)[C@@H](C)[C@H](C)C2OC(=O)c2ccccc2)[C@H](C)C1C.CO[C@H]1OC(COC(=O)c2ccccc2)[C@@H](O[C@@H]2OC(C)[C@@H](O)[C@H](C)C2OC(=O)c2ccccc2)[C@H](C)C1C.O=C=O.O=C=O. The molecule has 86 heavy (non-hydrogen) atoms. The third-order valence-electron chi connectivity index (χ3n) is 16.1. The predicted octanol–water partition coefficient (Wildman–Crippen LogP) is 7.40. The smallest absolute Gasteiger partial charge is 0.373 e. The predicted molar refractivity (Wildman–Crippen MR) is 303 cm³/mol. The summed E-state index contributed by atoms with van der Waals surface area (Å²) < 4.78 is 72.2. The zero-order valence-electron chi connectivity index (χ0n) is 50.6. The van der Waals surface area contributed by atoms with Crippen LogP contribution in [0.1, 0.15) is 104 Å². The van der Waals surface area contributed by atoms with E-state index in [-0.39, 0.29) is 67.1 Å². The first-order valence-electron chi connectivity index (χ1n) is 28.3. The summed E-state index contributed by atoms with van der Waals surface area (Å²) in [5.74, 6) is -2.46. The first-order chi connectivity index (χ1) is 41.2. The molecule has 4 saturated heterocycles. The van der Waals surface area contributed by atoms with Crippen LogP contribution in [0.2, 0.25) is 0 Å². The third-order valence-corrected chi connectivity index (χ3v) is 16.1. The Morgan fingerprint density at radius 3 is 1.01 bits per heavy atom. The topological polar surface area (TPSA) is 288 Å². The normalized spacial score (nSPS) is 31.7. The summed E-state index contributed by atoms with van der Waals surface area (Å²) in [6.45, 7) is 17.6. The van der Waals surface area contributed by atoms with E-state index in [0.717, 1.165) is 7.11 Å². The number of hydrogen-bond acceptors (Lipinski definition) is 22. The largest absolute Gasteiger partial charge is 0.459 e. The molecule has 20 atom stereocenters. The molecule has 22 heteroatoms. The van der Waals surface area contributed by atoms with Crippen LogP contribution in [0.5, 0.6) is 0 Å². The van der Waals surface area contributed by atoms with E-state index in [0.29, 0.717) is 22.3 Å². The molecule has 22 nitrogen and oxygen atoms in total. The second-order valence-electron chi connectivity index (χ2n) is 21.2. The lowest BCUT2D eigenvalue weighted by molar-refractivity contribution is -0.334. The summed E-state index contributed by atoms with van der Waals surface area (Å²) >= 11 is 0. The summed E-state index contributed by atoms with van der Waals surface area (Å²) in [5.41, 5.74) is 1.73. The van der Waals surface area contributed by atoms with E-state index in [9.17, 15) is 24.3 Å². The molecule has 0 aromatic heterocycles. The van der Waals surface area contributed by atoms with E-state index in [1.165, 1.54) is 0 Å². The molecule has 0 spiro atoms. The van der Waals surface area contributed by atoms with Gasteiger partial charge >= 0.3 is 36.2 Å². The quantitative estimate of drug-likeness (QED) is 0.0816. The molecule has 8 unspecified atom stereocenters. The number of aliphatic hydroxyl groups excluding tert-OH is 2. The van der Waals surface area contributed by atoms with Gasteiger partial charge in [0, 0.05) is 45.0 Å². The highest BCUT2D eigenvalue weighted by Gasteiger charge is 2.51. The Kier molecular flexibility index (Phi) is 30.2. The minimum atomic E-state index is -0.985. The van der Waals surface area contributed by atoms with E-state index in [1.54, 1.807) is 125 Å². The molecule has 4 aliphatic heterocycles. The molecule has 0 saturated carbocycles. The average molecular weight is 1200 g/mol. The first kappa shape index (κ1) is 71.6. The molecule has 4 aromatic carbocycles. The summed E-state index contributed by atoms with van der Waals surface area (Å²) in [7, 11) is 4.16. The lowest BCUT2D eigenvalue weighted by Crippen LogP contribution is -2.59. The Morgan fingerprint density at radius 1 is 0.395 bits per heavy atom. The van der Waals surface area contributed by atoms with Crippen LogP contribution < -0.4 is 0 Å². The monoisotopic (exact) mass is 1200 g/mol. The number of hydrogen-bond donors (Lipinski definition) is 2. The van der Waals surface area contributed by atoms with Gasteiger partial charge in [-0.25, -0.2) is 19.2 Å². The zero-order chi connectivity index (χ0) is 63.6. The number of methoxy groups -OCH3 is 2. The van der Waals surface area contributed by atoms with E-state index in [4.69, 9.17) is 81.1 Å². The zero-order valence-corrected chi connectivity index (χ0v) is 50.6. The van der Waals surface area contributed by atoms with E-state index >= 15 is 0 Å². The van der Waals surface area contributed by atoms with E-state index in [1.807, 2.05) is 58.9 Å². The van der Waals surface area contributed by atoms with Crippen LogP contribution in [0.15, 0.2) is 121 Å². The van der Waals surface area contributed by atoms with Gasteiger partial charge in [-0.15, -0.1) is 0 Å². The lowest BCUT2D eigenvalue weighted by Gasteiger charge is -2.48. The molecular weight excluding hydrogens is 1120 g/mol. The minimum absolute atomic E-state index is 0.0104. The fourth-order valence-corrected chi connectivity index (χ4v) is 10.4. The van der Waals surface area contributed by atoms with Crippen molar-refractivity contribution in [3.63, 3.8) is 0 Å². The summed E-state index contributed by atoms with van der Waals surface area (Å²) in [4.78, 5) is 83.8.